The maximum Gasteiger partial charge on any atom is 0.228 e. The molecule has 1 saturated carbocycles. The number of rotatable bonds is 7. The molecule has 5 nitrogen and oxygen atoms in total. The predicted octanol–water partition coefficient (Wildman–Crippen LogP) is 1.19. The molecule has 0 aromatic carbocycles. The smallest absolute Gasteiger partial charge is 0.228 e. The molecule has 0 spiro atoms. The number of ether oxygens (including phenoxy) is 1. The Morgan fingerprint density at radius 3 is 3.00 bits per heavy atom. The Morgan fingerprint density at radius 1 is 1.53 bits per heavy atom. The van der Waals surface area contributed by atoms with Crippen molar-refractivity contribution in [3.05, 3.63) is 12.3 Å². The Morgan fingerprint density at radius 2 is 2.35 bits per heavy atom. The fourth-order valence-electron chi connectivity index (χ4n) is 1.79. The Labute approximate surface area is 102 Å². The van der Waals surface area contributed by atoms with Crippen LogP contribution < -0.4 is 15.4 Å². The molecule has 1 aliphatic carbocycles. The van der Waals surface area contributed by atoms with Gasteiger partial charge in [-0.05, 0) is 32.7 Å². The molecule has 17 heavy (non-hydrogen) atoms. The van der Waals surface area contributed by atoms with Crippen LogP contribution in [0, 0.1) is 0 Å². The van der Waals surface area contributed by atoms with Gasteiger partial charge in [-0.3, -0.25) is 0 Å². The first kappa shape index (κ1) is 12.1. The molecule has 0 aliphatic heterocycles. The largest absolute Gasteiger partial charge is 0.478 e. The number of nitrogens with zero attached hydrogens (tertiary/aromatic N) is 3. The van der Waals surface area contributed by atoms with Crippen molar-refractivity contribution in [1.82, 2.24) is 9.97 Å². The molecule has 0 bridgehead atoms. The van der Waals surface area contributed by atoms with Gasteiger partial charge in [0.2, 0.25) is 11.8 Å². The topological polar surface area (TPSA) is 64.3 Å². The maximum absolute atomic E-state index is 5.56. The van der Waals surface area contributed by atoms with E-state index in [9.17, 15) is 0 Å². The fourth-order valence-corrected chi connectivity index (χ4v) is 1.79. The first-order chi connectivity index (χ1) is 8.35. The van der Waals surface area contributed by atoms with Gasteiger partial charge in [0, 0.05) is 24.8 Å². The van der Waals surface area contributed by atoms with Gasteiger partial charge >= 0.3 is 0 Å². The van der Waals surface area contributed by atoms with Gasteiger partial charge < -0.3 is 15.4 Å². The molecule has 0 radical (unpaired) electrons. The van der Waals surface area contributed by atoms with Crippen LogP contribution >= 0.6 is 0 Å². The SMILES string of the molecule is CCOc1ccnc(N(CCCN)C2CC2)n1. The van der Waals surface area contributed by atoms with Gasteiger partial charge in [0.25, 0.3) is 0 Å². The molecule has 1 heterocycles. The van der Waals surface area contributed by atoms with Crippen LogP contribution in [0.15, 0.2) is 12.3 Å². The zero-order chi connectivity index (χ0) is 12.1. The van der Waals surface area contributed by atoms with Crippen LogP contribution in [-0.4, -0.2) is 35.7 Å². The summed E-state index contributed by atoms with van der Waals surface area (Å²) in [4.78, 5) is 11.0. The Hall–Kier alpha value is -1.36. The van der Waals surface area contributed by atoms with Crippen molar-refractivity contribution in [2.45, 2.75) is 32.2 Å². The zero-order valence-corrected chi connectivity index (χ0v) is 10.3. The Kier molecular flexibility index (Phi) is 4.14. The normalized spacial score (nSPS) is 14.7. The summed E-state index contributed by atoms with van der Waals surface area (Å²) in [5, 5.41) is 0. The van der Waals surface area contributed by atoms with E-state index >= 15 is 0 Å². The van der Waals surface area contributed by atoms with Gasteiger partial charge in [0.05, 0.1) is 6.61 Å². The average molecular weight is 236 g/mol. The van der Waals surface area contributed by atoms with Gasteiger partial charge in [-0.1, -0.05) is 0 Å². The summed E-state index contributed by atoms with van der Waals surface area (Å²) in [6.07, 6.45) is 5.18. The third kappa shape index (κ3) is 3.30. The highest BCUT2D eigenvalue weighted by Gasteiger charge is 2.30. The van der Waals surface area contributed by atoms with E-state index in [4.69, 9.17) is 10.5 Å². The van der Waals surface area contributed by atoms with Crippen LogP contribution in [0.1, 0.15) is 26.2 Å². The molecule has 0 saturated heterocycles. The Bertz CT molecular complexity index is 354. The van der Waals surface area contributed by atoms with Crippen LogP contribution in [0.2, 0.25) is 0 Å². The van der Waals surface area contributed by atoms with E-state index < -0.39 is 0 Å². The summed E-state index contributed by atoms with van der Waals surface area (Å²) in [6.45, 7) is 4.21. The molecule has 0 amide bonds. The lowest BCUT2D eigenvalue weighted by Crippen LogP contribution is -2.30. The summed E-state index contributed by atoms with van der Waals surface area (Å²) in [7, 11) is 0. The lowest BCUT2D eigenvalue weighted by molar-refractivity contribution is 0.326. The molecular weight excluding hydrogens is 216 g/mol. The highest BCUT2D eigenvalue weighted by Crippen LogP contribution is 2.30. The molecule has 1 aromatic rings. The van der Waals surface area contributed by atoms with Crippen molar-refractivity contribution in [3.63, 3.8) is 0 Å². The number of hydrogen-bond donors (Lipinski definition) is 1. The molecule has 2 rings (SSSR count). The summed E-state index contributed by atoms with van der Waals surface area (Å²) >= 11 is 0. The fraction of sp³-hybridized carbons (Fsp3) is 0.667. The maximum atomic E-state index is 5.56. The molecule has 1 fully saturated rings. The first-order valence-electron chi connectivity index (χ1n) is 6.27. The summed E-state index contributed by atoms with van der Waals surface area (Å²) in [5.41, 5.74) is 5.56. The van der Waals surface area contributed by atoms with E-state index in [1.54, 1.807) is 12.3 Å². The molecule has 0 unspecified atom stereocenters. The molecule has 0 atom stereocenters. The Balaban J connectivity index is 2.08. The van der Waals surface area contributed by atoms with Gasteiger partial charge in [-0.25, -0.2) is 4.98 Å². The van der Waals surface area contributed by atoms with Crippen molar-refractivity contribution in [1.29, 1.82) is 0 Å². The van der Waals surface area contributed by atoms with E-state index in [0.717, 1.165) is 18.9 Å². The lowest BCUT2D eigenvalue weighted by Gasteiger charge is -2.22. The van der Waals surface area contributed by atoms with E-state index in [1.165, 1.54) is 12.8 Å². The first-order valence-corrected chi connectivity index (χ1v) is 6.27. The molecule has 94 valence electrons. The molecular formula is C12H20N4O. The number of nitrogens with two attached hydrogens (primary N) is 1. The van der Waals surface area contributed by atoms with Crippen molar-refractivity contribution < 1.29 is 4.74 Å². The average Bonchev–Trinajstić information content (AvgIpc) is 3.15. The monoisotopic (exact) mass is 236 g/mol. The van der Waals surface area contributed by atoms with E-state index in [1.807, 2.05) is 6.92 Å². The number of hydrogen-bond acceptors (Lipinski definition) is 5. The van der Waals surface area contributed by atoms with E-state index in [-0.39, 0.29) is 0 Å². The van der Waals surface area contributed by atoms with Gasteiger partial charge in [0.15, 0.2) is 0 Å². The number of anilines is 1. The predicted molar refractivity (Wildman–Crippen MR) is 67.2 cm³/mol. The van der Waals surface area contributed by atoms with Crippen molar-refractivity contribution in [3.8, 4) is 5.88 Å². The second kappa shape index (κ2) is 5.82. The minimum atomic E-state index is 0.596. The molecule has 1 aliphatic rings. The molecule has 5 heteroatoms. The van der Waals surface area contributed by atoms with Crippen molar-refractivity contribution in [2.24, 2.45) is 5.73 Å². The standard InChI is InChI=1S/C12H20N4O/c1-2-17-11-6-8-14-12(15-11)16(9-3-7-13)10-4-5-10/h6,8,10H,2-5,7,9,13H2,1H3. The zero-order valence-electron chi connectivity index (χ0n) is 10.3. The summed E-state index contributed by atoms with van der Waals surface area (Å²) in [5.74, 6) is 1.42. The van der Waals surface area contributed by atoms with E-state index in [2.05, 4.69) is 14.9 Å². The van der Waals surface area contributed by atoms with Gasteiger partial charge in [0.1, 0.15) is 0 Å². The second-order valence-electron chi connectivity index (χ2n) is 4.19. The van der Waals surface area contributed by atoms with Crippen molar-refractivity contribution >= 4 is 5.95 Å². The van der Waals surface area contributed by atoms with Crippen molar-refractivity contribution in [2.75, 3.05) is 24.6 Å². The van der Waals surface area contributed by atoms with Crippen LogP contribution in [0.5, 0.6) is 5.88 Å². The summed E-state index contributed by atoms with van der Waals surface area (Å²) < 4.78 is 5.40. The number of aromatic nitrogens is 2. The van der Waals surface area contributed by atoms with Crippen LogP contribution in [0.4, 0.5) is 5.95 Å². The quantitative estimate of drug-likeness (QED) is 0.770. The lowest BCUT2D eigenvalue weighted by atomic mass is 10.4. The minimum Gasteiger partial charge on any atom is -0.478 e. The molecule has 2 N–H and O–H groups in total. The van der Waals surface area contributed by atoms with Crippen LogP contribution in [0.3, 0.4) is 0 Å². The third-order valence-electron chi connectivity index (χ3n) is 2.76. The summed E-state index contributed by atoms with van der Waals surface area (Å²) in [6, 6.07) is 2.39. The van der Waals surface area contributed by atoms with Crippen LogP contribution in [0.25, 0.3) is 0 Å². The minimum absolute atomic E-state index is 0.596. The van der Waals surface area contributed by atoms with Gasteiger partial charge in [-0.15, -0.1) is 0 Å². The second-order valence-corrected chi connectivity index (χ2v) is 4.19. The third-order valence-corrected chi connectivity index (χ3v) is 2.76. The highest BCUT2D eigenvalue weighted by atomic mass is 16.5. The van der Waals surface area contributed by atoms with Gasteiger partial charge in [-0.2, -0.15) is 4.98 Å². The molecule has 1 aromatic heterocycles. The highest BCUT2D eigenvalue weighted by molar-refractivity contribution is 5.35. The van der Waals surface area contributed by atoms with Crippen LogP contribution in [-0.2, 0) is 0 Å². The van der Waals surface area contributed by atoms with E-state index in [0.29, 0.717) is 25.1 Å².